The molecule has 0 atom stereocenters. The van der Waals surface area contributed by atoms with Gasteiger partial charge in [-0.25, -0.2) is 10.2 Å². The summed E-state index contributed by atoms with van der Waals surface area (Å²) < 4.78 is 5.01. The van der Waals surface area contributed by atoms with E-state index >= 15 is 0 Å². The van der Waals surface area contributed by atoms with E-state index < -0.39 is 17.9 Å². The Morgan fingerprint density at radius 1 is 1.07 bits per heavy atom. The maximum Gasteiger partial charge on any atom is 0.432 e. The van der Waals surface area contributed by atoms with Crippen LogP contribution in [0.2, 0.25) is 0 Å². The van der Waals surface area contributed by atoms with Gasteiger partial charge in [0.25, 0.3) is 5.91 Å². The van der Waals surface area contributed by atoms with Crippen molar-refractivity contribution in [3.8, 4) is 5.75 Å². The lowest BCUT2D eigenvalue weighted by atomic mass is 10.2. The maximum atomic E-state index is 12.1. The summed E-state index contributed by atoms with van der Waals surface area (Å²) >= 11 is 0. The fraction of sp³-hybridized carbons (Fsp3) is 0.444. The molecule has 1 fully saturated rings. The number of hydrogen-bond donors (Lipinski definition) is 2. The molecule has 4 amide bonds. The van der Waals surface area contributed by atoms with Crippen molar-refractivity contribution < 1.29 is 23.9 Å². The number of likely N-dealkylation sites (N-methyl/N-ethyl adjacent to an activating group) is 1. The number of amides is 4. The minimum atomic E-state index is -0.949. The SMILES string of the molecule is CCN(CC)CCNC(=O)c1ccc(OC(=O)NN2C(=O)CCC2=O)cc1. The van der Waals surface area contributed by atoms with Crippen LogP contribution >= 0.6 is 0 Å². The molecule has 0 unspecified atom stereocenters. The molecule has 1 aromatic carbocycles. The highest BCUT2D eigenvalue weighted by Crippen LogP contribution is 2.13. The number of benzene rings is 1. The molecule has 2 rings (SSSR count). The van der Waals surface area contributed by atoms with Crippen molar-refractivity contribution >= 4 is 23.8 Å². The molecule has 1 aliphatic heterocycles. The van der Waals surface area contributed by atoms with Gasteiger partial charge in [-0.1, -0.05) is 13.8 Å². The monoisotopic (exact) mass is 376 g/mol. The zero-order valence-electron chi connectivity index (χ0n) is 15.5. The lowest BCUT2D eigenvalue weighted by Crippen LogP contribution is -2.46. The highest BCUT2D eigenvalue weighted by molar-refractivity contribution is 6.02. The van der Waals surface area contributed by atoms with Crippen molar-refractivity contribution in [1.29, 1.82) is 0 Å². The second-order valence-electron chi connectivity index (χ2n) is 5.93. The minimum absolute atomic E-state index is 0.0667. The molecular formula is C18H24N4O5. The molecule has 1 aliphatic rings. The van der Waals surface area contributed by atoms with Gasteiger partial charge >= 0.3 is 6.09 Å². The fourth-order valence-corrected chi connectivity index (χ4v) is 2.57. The molecule has 1 saturated heterocycles. The molecule has 1 heterocycles. The van der Waals surface area contributed by atoms with Gasteiger partial charge < -0.3 is 15.0 Å². The van der Waals surface area contributed by atoms with Crippen molar-refractivity contribution in [3.63, 3.8) is 0 Å². The van der Waals surface area contributed by atoms with E-state index in [4.69, 9.17) is 4.74 Å². The van der Waals surface area contributed by atoms with E-state index in [1.807, 2.05) is 0 Å². The summed E-state index contributed by atoms with van der Waals surface area (Å²) in [6.45, 7) is 7.29. The molecule has 0 bridgehead atoms. The van der Waals surface area contributed by atoms with Gasteiger partial charge in [-0.15, -0.1) is 0 Å². The predicted octanol–water partition coefficient (Wildman–Crippen LogP) is 0.911. The minimum Gasteiger partial charge on any atom is -0.409 e. The van der Waals surface area contributed by atoms with E-state index in [-0.39, 0.29) is 24.5 Å². The maximum absolute atomic E-state index is 12.1. The van der Waals surface area contributed by atoms with Gasteiger partial charge in [-0.05, 0) is 37.4 Å². The summed E-state index contributed by atoms with van der Waals surface area (Å²) in [6, 6.07) is 5.99. The van der Waals surface area contributed by atoms with E-state index in [2.05, 4.69) is 29.5 Å². The topological polar surface area (TPSA) is 108 Å². The second-order valence-corrected chi connectivity index (χ2v) is 5.93. The van der Waals surface area contributed by atoms with Gasteiger partial charge in [0.1, 0.15) is 5.75 Å². The fourth-order valence-electron chi connectivity index (χ4n) is 2.57. The van der Waals surface area contributed by atoms with Crippen LogP contribution in [0.5, 0.6) is 5.75 Å². The summed E-state index contributed by atoms with van der Waals surface area (Å²) in [5, 5.41) is 3.49. The lowest BCUT2D eigenvalue weighted by Gasteiger charge is -2.18. The molecule has 9 nitrogen and oxygen atoms in total. The number of imide groups is 1. The second kappa shape index (κ2) is 9.67. The third kappa shape index (κ3) is 5.78. The Morgan fingerprint density at radius 3 is 2.22 bits per heavy atom. The molecule has 1 aromatic rings. The number of hydrogen-bond acceptors (Lipinski definition) is 6. The quantitative estimate of drug-likeness (QED) is 0.653. The van der Waals surface area contributed by atoms with Crippen LogP contribution in [0, 0.1) is 0 Å². The number of hydrazine groups is 1. The van der Waals surface area contributed by atoms with Crippen molar-refractivity contribution in [3.05, 3.63) is 29.8 Å². The Bertz CT molecular complexity index is 684. The molecule has 0 radical (unpaired) electrons. The van der Waals surface area contributed by atoms with Crippen LogP contribution in [-0.2, 0) is 9.59 Å². The lowest BCUT2D eigenvalue weighted by molar-refractivity contribution is -0.141. The first-order valence-corrected chi connectivity index (χ1v) is 8.89. The van der Waals surface area contributed by atoms with Crippen LogP contribution in [0.1, 0.15) is 37.0 Å². The zero-order chi connectivity index (χ0) is 19.8. The van der Waals surface area contributed by atoms with E-state index in [1.54, 1.807) is 0 Å². The van der Waals surface area contributed by atoms with Gasteiger partial charge in [0.15, 0.2) is 0 Å². The normalized spacial score (nSPS) is 13.8. The first-order chi connectivity index (χ1) is 12.9. The average molecular weight is 376 g/mol. The highest BCUT2D eigenvalue weighted by atomic mass is 16.6. The third-order valence-electron chi connectivity index (χ3n) is 4.19. The van der Waals surface area contributed by atoms with E-state index in [9.17, 15) is 19.2 Å². The van der Waals surface area contributed by atoms with Gasteiger partial charge in [-0.2, -0.15) is 5.01 Å². The summed E-state index contributed by atoms with van der Waals surface area (Å²) in [5.41, 5.74) is 2.54. The molecule has 27 heavy (non-hydrogen) atoms. The van der Waals surface area contributed by atoms with Crippen molar-refractivity contribution in [2.24, 2.45) is 0 Å². The van der Waals surface area contributed by atoms with Crippen molar-refractivity contribution in [2.45, 2.75) is 26.7 Å². The molecule has 2 N–H and O–H groups in total. The molecule has 146 valence electrons. The Kier molecular flexibility index (Phi) is 7.30. The summed E-state index contributed by atoms with van der Waals surface area (Å²) in [7, 11) is 0. The van der Waals surface area contributed by atoms with Gasteiger partial charge in [0, 0.05) is 31.5 Å². The van der Waals surface area contributed by atoms with Crippen LogP contribution in [0.4, 0.5) is 4.79 Å². The molecule has 0 spiro atoms. The Hall–Kier alpha value is -2.94. The Balaban J connectivity index is 1.82. The highest BCUT2D eigenvalue weighted by Gasteiger charge is 2.31. The Labute approximate surface area is 157 Å². The van der Waals surface area contributed by atoms with Crippen LogP contribution in [0.25, 0.3) is 0 Å². The van der Waals surface area contributed by atoms with E-state index in [0.717, 1.165) is 19.6 Å². The van der Waals surface area contributed by atoms with Crippen molar-refractivity contribution in [2.75, 3.05) is 26.2 Å². The Morgan fingerprint density at radius 2 is 1.67 bits per heavy atom. The molecule has 9 heteroatoms. The molecule has 0 aliphatic carbocycles. The average Bonchev–Trinajstić information content (AvgIpc) is 2.97. The van der Waals surface area contributed by atoms with E-state index in [0.29, 0.717) is 17.1 Å². The molecule has 0 aromatic heterocycles. The van der Waals surface area contributed by atoms with E-state index in [1.165, 1.54) is 24.3 Å². The van der Waals surface area contributed by atoms with Crippen LogP contribution < -0.4 is 15.5 Å². The predicted molar refractivity (Wildman–Crippen MR) is 96.8 cm³/mol. The van der Waals surface area contributed by atoms with Crippen molar-refractivity contribution in [1.82, 2.24) is 20.7 Å². The number of carbonyl (C=O) groups excluding carboxylic acids is 4. The summed E-state index contributed by atoms with van der Waals surface area (Å²) in [4.78, 5) is 49.0. The van der Waals surface area contributed by atoms with Gasteiger partial charge in [-0.3, -0.25) is 14.4 Å². The van der Waals surface area contributed by atoms with Gasteiger partial charge in [0.05, 0.1) is 0 Å². The largest absolute Gasteiger partial charge is 0.432 e. The smallest absolute Gasteiger partial charge is 0.409 e. The zero-order valence-corrected chi connectivity index (χ0v) is 15.5. The molecular weight excluding hydrogens is 352 g/mol. The number of carbonyl (C=O) groups is 4. The van der Waals surface area contributed by atoms with Crippen LogP contribution in [0.15, 0.2) is 24.3 Å². The number of ether oxygens (including phenoxy) is 1. The summed E-state index contributed by atoms with van der Waals surface area (Å²) in [5.74, 6) is -0.986. The van der Waals surface area contributed by atoms with Crippen LogP contribution in [-0.4, -0.2) is 59.9 Å². The van der Waals surface area contributed by atoms with Crippen LogP contribution in [0.3, 0.4) is 0 Å². The number of nitrogens with one attached hydrogen (secondary N) is 2. The third-order valence-corrected chi connectivity index (χ3v) is 4.19. The molecule has 0 saturated carbocycles. The number of nitrogens with zero attached hydrogens (tertiary/aromatic N) is 2. The number of rotatable bonds is 8. The standard InChI is InChI=1S/C18H24N4O5/c1-3-21(4-2)12-11-19-17(25)13-5-7-14(8-6-13)27-18(26)20-22-15(23)9-10-16(22)24/h5-8H,3-4,9-12H2,1-2H3,(H,19,25)(H,20,26). The van der Waals surface area contributed by atoms with Gasteiger partial charge in [0.2, 0.25) is 11.8 Å². The summed E-state index contributed by atoms with van der Waals surface area (Å²) in [6.07, 6.45) is -0.816. The first-order valence-electron chi connectivity index (χ1n) is 8.89. The first kappa shape index (κ1) is 20.4.